The van der Waals surface area contributed by atoms with Crippen LogP contribution in [-0.2, 0) is 6.42 Å². The number of aryl methyl sites for hydroxylation is 1. The highest BCUT2D eigenvalue weighted by molar-refractivity contribution is 5.02. The summed E-state index contributed by atoms with van der Waals surface area (Å²) in [6.45, 7) is 5.69. The molecule has 1 aromatic heterocycles. The molecule has 0 amide bonds. The van der Waals surface area contributed by atoms with E-state index in [1.54, 1.807) is 0 Å². The average molecular weight is 263 g/mol. The fraction of sp³-hybridized carbons (Fsp3) is 0.867. The molecule has 1 atom stereocenters. The minimum absolute atomic E-state index is 0.317. The molecule has 19 heavy (non-hydrogen) atoms. The Bertz CT molecular complexity index is 423. The first-order valence-corrected chi connectivity index (χ1v) is 7.71. The van der Waals surface area contributed by atoms with Crippen molar-refractivity contribution in [3.8, 4) is 0 Å². The fourth-order valence-electron chi connectivity index (χ4n) is 3.13. The van der Waals surface area contributed by atoms with E-state index in [0.29, 0.717) is 11.3 Å². The van der Waals surface area contributed by atoms with Gasteiger partial charge in [-0.2, -0.15) is 0 Å². The summed E-state index contributed by atoms with van der Waals surface area (Å²) in [7, 11) is 0. The number of hydrogen-bond donors (Lipinski definition) is 1. The fourth-order valence-corrected chi connectivity index (χ4v) is 3.13. The molecule has 4 nitrogen and oxygen atoms in total. The van der Waals surface area contributed by atoms with Crippen molar-refractivity contribution < 1.29 is 4.42 Å². The van der Waals surface area contributed by atoms with Gasteiger partial charge < -0.3 is 9.73 Å². The molecule has 2 aliphatic rings. The van der Waals surface area contributed by atoms with Crippen LogP contribution in [0.1, 0.15) is 70.1 Å². The first kappa shape index (κ1) is 13.1. The molecule has 1 N–H and O–H groups in total. The zero-order valence-corrected chi connectivity index (χ0v) is 12.1. The van der Waals surface area contributed by atoms with Crippen molar-refractivity contribution in [2.45, 2.75) is 70.8 Å². The number of rotatable bonds is 6. The zero-order valence-electron chi connectivity index (χ0n) is 12.1. The van der Waals surface area contributed by atoms with Crippen molar-refractivity contribution in [1.82, 2.24) is 15.5 Å². The third-order valence-corrected chi connectivity index (χ3v) is 4.62. The Hall–Kier alpha value is -0.900. The van der Waals surface area contributed by atoms with E-state index in [4.69, 9.17) is 4.42 Å². The summed E-state index contributed by atoms with van der Waals surface area (Å²) in [5, 5.41) is 12.0. The third-order valence-electron chi connectivity index (χ3n) is 4.62. The van der Waals surface area contributed by atoms with E-state index in [-0.39, 0.29) is 0 Å². The highest BCUT2D eigenvalue weighted by Crippen LogP contribution is 2.48. The number of nitrogens with one attached hydrogen (secondary N) is 1. The van der Waals surface area contributed by atoms with Crippen LogP contribution in [0.2, 0.25) is 0 Å². The maximum atomic E-state index is 5.88. The second-order valence-electron chi connectivity index (χ2n) is 6.80. The molecule has 1 heterocycles. The predicted octanol–water partition coefficient (Wildman–Crippen LogP) is 3.05. The van der Waals surface area contributed by atoms with Gasteiger partial charge in [0.25, 0.3) is 0 Å². The van der Waals surface area contributed by atoms with Gasteiger partial charge in [-0.1, -0.05) is 20.3 Å². The van der Waals surface area contributed by atoms with Crippen molar-refractivity contribution >= 4 is 0 Å². The lowest BCUT2D eigenvalue weighted by atomic mass is 9.82. The van der Waals surface area contributed by atoms with Crippen LogP contribution in [0.15, 0.2) is 4.42 Å². The van der Waals surface area contributed by atoms with Gasteiger partial charge >= 0.3 is 0 Å². The van der Waals surface area contributed by atoms with Crippen molar-refractivity contribution in [3.05, 3.63) is 11.8 Å². The Morgan fingerprint density at radius 1 is 1.26 bits per heavy atom. The number of aromatic nitrogens is 2. The standard InChI is InChI=1S/C15H25N3O/c1-15(2)9-3-5-12(15)14-18-17-13(19-14)6-4-10-16-11-7-8-11/h11-12,16H,3-10H2,1-2H3. The summed E-state index contributed by atoms with van der Waals surface area (Å²) >= 11 is 0. The predicted molar refractivity (Wildman–Crippen MR) is 74.0 cm³/mol. The average Bonchev–Trinajstić information content (AvgIpc) is 2.96. The molecule has 0 aliphatic heterocycles. The highest BCUT2D eigenvalue weighted by Gasteiger charge is 2.38. The molecule has 0 radical (unpaired) electrons. The topological polar surface area (TPSA) is 51.0 Å². The maximum Gasteiger partial charge on any atom is 0.220 e. The van der Waals surface area contributed by atoms with Crippen LogP contribution in [0.4, 0.5) is 0 Å². The van der Waals surface area contributed by atoms with Crippen LogP contribution in [0.3, 0.4) is 0 Å². The maximum absolute atomic E-state index is 5.88. The molecule has 0 spiro atoms. The van der Waals surface area contributed by atoms with Crippen LogP contribution in [0, 0.1) is 5.41 Å². The Kier molecular flexibility index (Phi) is 3.61. The molecule has 1 aromatic rings. The second kappa shape index (κ2) is 5.23. The molecule has 2 fully saturated rings. The van der Waals surface area contributed by atoms with Crippen molar-refractivity contribution in [1.29, 1.82) is 0 Å². The first-order chi connectivity index (χ1) is 9.15. The van der Waals surface area contributed by atoms with Gasteiger partial charge in [-0.15, -0.1) is 10.2 Å². The lowest BCUT2D eigenvalue weighted by Crippen LogP contribution is -2.17. The van der Waals surface area contributed by atoms with Crippen LogP contribution < -0.4 is 5.32 Å². The molecule has 2 aliphatic carbocycles. The second-order valence-corrected chi connectivity index (χ2v) is 6.80. The molecule has 2 saturated carbocycles. The van der Waals surface area contributed by atoms with Crippen LogP contribution >= 0.6 is 0 Å². The van der Waals surface area contributed by atoms with Gasteiger partial charge in [0.15, 0.2) is 0 Å². The zero-order chi connectivity index (χ0) is 13.3. The number of hydrogen-bond acceptors (Lipinski definition) is 4. The molecule has 0 saturated heterocycles. The Labute approximate surface area is 115 Å². The monoisotopic (exact) mass is 263 g/mol. The largest absolute Gasteiger partial charge is 0.425 e. The van der Waals surface area contributed by atoms with Crippen LogP contribution in [0.25, 0.3) is 0 Å². The lowest BCUT2D eigenvalue weighted by Gasteiger charge is -2.23. The quantitative estimate of drug-likeness (QED) is 0.801. The van der Waals surface area contributed by atoms with E-state index in [9.17, 15) is 0 Å². The minimum Gasteiger partial charge on any atom is -0.425 e. The summed E-state index contributed by atoms with van der Waals surface area (Å²) in [5.41, 5.74) is 0.317. The van der Waals surface area contributed by atoms with Gasteiger partial charge in [0.1, 0.15) is 0 Å². The SMILES string of the molecule is CC1(C)CCCC1c1nnc(CCCNC2CC2)o1. The molecule has 106 valence electrons. The smallest absolute Gasteiger partial charge is 0.220 e. The highest BCUT2D eigenvalue weighted by atomic mass is 16.4. The van der Waals surface area contributed by atoms with Crippen molar-refractivity contribution in [3.63, 3.8) is 0 Å². The van der Waals surface area contributed by atoms with Crippen molar-refractivity contribution in [2.24, 2.45) is 5.41 Å². The van der Waals surface area contributed by atoms with Gasteiger partial charge in [0.05, 0.1) is 0 Å². The summed E-state index contributed by atoms with van der Waals surface area (Å²) < 4.78 is 5.88. The molecule has 4 heteroatoms. The van der Waals surface area contributed by atoms with E-state index < -0.39 is 0 Å². The van der Waals surface area contributed by atoms with Gasteiger partial charge in [-0.25, -0.2) is 0 Å². The first-order valence-electron chi connectivity index (χ1n) is 7.71. The van der Waals surface area contributed by atoms with Gasteiger partial charge in [0, 0.05) is 18.4 Å². The molecule has 1 unspecified atom stereocenters. The minimum atomic E-state index is 0.317. The van der Waals surface area contributed by atoms with E-state index in [2.05, 4.69) is 29.4 Å². The molecule has 0 aromatic carbocycles. The summed E-state index contributed by atoms with van der Waals surface area (Å²) in [4.78, 5) is 0. The van der Waals surface area contributed by atoms with Gasteiger partial charge in [0.2, 0.25) is 11.8 Å². The Morgan fingerprint density at radius 3 is 2.79 bits per heavy atom. The summed E-state index contributed by atoms with van der Waals surface area (Å²) in [6, 6.07) is 0.789. The normalized spacial score (nSPS) is 25.9. The molecule has 0 bridgehead atoms. The Morgan fingerprint density at radius 2 is 2.11 bits per heavy atom. The lowest BCUT2D eigenvalue weighted by molar-refractivity contribution is 0.280. The van der Waals surface area contributed by atoms with Crippen LogP contribution in [-0.4, -0.2) is 22.8 Å². The van der Waals surface area contributed by atoms with Crippen molar-refractivity contribution in [2.75, 3.05) is 6.54 Å². The van der Waals surface area contributed by atoms with E-state index in [0.717, 1.165) is 37.2 Å². The van der Waals surface area contributed by atoms with E-state index >= 15 is 0 Å². The Balaban J connectivity index is 1.50. The summed E-state index contributed by atoms with van der Waals surface area (Å²) in [5.74, 6) is 2.14. The molecule has 3 rings (SSSR count). The van der Waals surface area contributed by atoms with Crippen LogP contribution in [0.5, 0.6) is 0 Å². The van der Waals surface area contributed by atoms with E-state index in [1.165, 1.54) is 32.1 Å². The van der Waals surface area contributed by atoms with Gasteiger partial charge in [-0.05, 0) is 44.1 Å². The van der Waals surface area contributed by atoms with E-state index in [1.807, 2.05) is 0 Å². The molecular formula is C15H25N3O. The van der Waals surface area contributed by atoms with Gasteiger partial charge in [-0.3, -0.25) is 0 Å². The third kappa shape index (κ3) is 3.16. The molecular weight excluding hydrogens is 238 g/mol. The summed E-state index contributed by atoms with van der Waals surface area (Å²) in [6.07, 6.45) is 8.42. The number of nitrogens with zero attached hydrogens (tertiary/aromatic N) is 2.